The molecule has 12 aromatic rings. The lowest BCUT2D eigenvalue weighted by Crippen LogP contribution is -2.10. The normalized spacial score (nSPS) is 11.2. The van der Waals surface area contributed by atoms with Crippen molar-refractivity contribution in [3.8, 4) is 22.3 Å². The molecule has 0 bridgehead atoms. The lowest BCUT2D eigenvalue weighted by atomic mass is 10.0. The first-order chi connectivity index (χ1) is 35.2. The Bertz CT molecular complexity index is 3700. The molecule has 0 spiro atoms. The van der Waals surface area contributed by atoms with E-state index in [4.69, 9.17) is 8.83 Å². The summed E-state index contributed by atoms with van der Waals surface area (Å²) in [5.41, 5.74) is 16.1. The maximum absolute atomic E-state index is 6.55. The van der Waals surface area contributed by atoms with Crippen LogP contribution in [-0.2, 0) is 0 Å². The van der Waals surface area contributed by atoms with Crippen LogP contribution in [0.1, 0.15) is 39.2 Å². The fraction of sp³-hybridized carbons (Fsp3) is 0.0909. The Kier molecular flexibility index (Phi) is 14.5. The van der Waals surface area contributed by atoms with Gasteiger partial charge >= 0.3 is 0 Å². The minimum Gasteiger partial charge on any atom is -0.454 e. The first-order valence-corrected chi connectivity index (χ1v) is 26.1. The molecule has 0 aliphatic heterocycles. The van der Waals surface area contributed by atoms with E-state index in [1.807, 2.05) is 24.3 Å². The van der Waals surface area contributed by atoms with Crippen LogP contribution >= 0.6 is 31.9 Å². The molecule has 354 valence electrons. The Labute approximate surface area is 439 Å². The molecule has 0 saturated heterocycles. The molecule has 0 atom stereocenters. The molecule has 72 heavy (non-hydrogen) atoms. The number of nitrogens with zero attached hydrogens (tertiary/aromatic N) is 2. The fourth-order valence-corrected chi connectivity index (χ4v) is 9.48. The van der Waals surface area contributed by atoms with Crippen LogP contribution in [-0.4, -0.2) is 4.83 Å². The molecule has 0 amide bonds. The lowest BCUT2D eigenvalue weighted by Gasteiger charge is -2.25. The van der Waals surface area contributed by atoms with E-state index in [-0.39, 0.29) is 0 Å². The van der Waals surface area contributed by atoms with Crippen LogP contribution in [0.3, 0.4) is 0 Å². The van der Waals surface area contributed by atoms with E-state index in [2.05, 4.69) is 288 Å². The second-order valence-electron chi connectivity index (χ2n) is 18.2. The van der Waals surface area contributed by atoms with Gasteiger partial charge in [-0.15, -0.1) is 0 Å². The lowest BCUT2D eigenvalue weighted by molar-refractivity contribution is 0.667. The number of benzene rings is 10. The molecular weight excluding hydrogens is 1010 g/mol. The van der Waals surface area contributed by atoms with E-state index in [0.717, 1.165) is 82.5 Å². The zero-order valence-corrected chi connectivity index (χ0v) is 43.9. The van der Waals surface area contributed by atoms with Crippen molar-refractivity contribution in [2.75, 3.05) is 9.80 Å². The Morgan fingerprint density at radius 2 is 0.708 bits per heavy atom. The van der Waals surface area contributed by atoms with Gasteiger partial charge in [0.15, 0.2) is 11.2 Å². The third-order valence-corrected chi connectivity index (χ3v) is 13.1. The second kappa shape index (κ2) is 21.8. The summed E-state index contributed by atoms with van der Waals surface area (Å²) < 4.78 is 14.0. The van der Waals surface area contributed by atoms with Gasteiger partial charge in [-0.3, -0.25) is 0 Å². The van der Waals surface area contributed by atoms with Crippen LogP contribution in [0.5, 0.6) is 0 Å². The van der Waals surface area contributed by atoms with Gasteiger partial charge in [-0.25, -0.2) is 0 Å². The van der Waals surface area contributed by atoms with Crippen molar-refractivity contribution in [2.24, 2.45) is 0 Å². The van der Waals surface area contributed by atoms with E-state index < -0.39 is 0 Å². The van der Waals surface area contributed by atoms with E-state index in [1.54, 1.807) is 0 Å². The van der Waals surface area contributed by atoms with Crippen LogP contribution in [0.2, 0.25) is 0 Å². The first kappa shape index (κ1) is 48.0. The largest absolute Gasteiger partial charge is 0.454 e. The van der Waals surface area contributed by atoms with Gasteiger partial charge in [-0.1, -0.05) is 217 Å². The second-order valence-corrected chi connectivity index (χ2v) is 21.0. The molecule has 0 saturated carbocycles. The molecule has 2 heterocycles. The monoisotopic (exact) mass is 1060 g/mol. The van der Waals surface area contributed by atoms with Gasteiger partial charge in [0.05, 0.1) is 11.4 Å². The third kappa shape index (κ3) is 10.4. The molecule has 0 radical (unpaired) electrons. The number of fused-ring (bicyclic) bond motifs is 6. The van der Waals surface area contributed by atoms with Crippen LogP contribution in [0.25, 0.3) is 66.1 Å². The molecule has 2 aromatic heterocycles. The number of halogens is 2. The Morgan fingerprint density at radius 3 is 1.12 bits per heavy atom. The van der Waals surface area contributed by atoms with Gasteiger partial charge in [0.1, 0.15) is 11.2 Å². The summed E-state index contributed by atoms with van der Waals surface area (Å²) in [6.07, 6.45) is 0. The van der Waals surface area contributed by atoms with Crippen molar-refractivity contribution in [3.63, 3.8) is 0 Å². The van der Waals surface area contributed by atoms with Gasteiger partial charge in [0, 0.05) is 53.6 Å². The summed E-state index contributed by atoms with van der Waals surface area (Å²) in [5, 5.41) is 4.51. The first-order valence-electron chi connectivity index (χ1n) is 24.4. The summed E-state index contributed by atoms with van der Waals surface area (Å²) >= 11 is 6.84. The molecule has 6 heteroatoms. The maximum Gasteiger partial charge on any atom is 0.159 e. The SMILES string of the molecule is Brc1ccc2c(c1)oc1c(N(c3ccccc3)c3ccc(-c4ccccc4)cc3)cccc12.CC(C)Br.CC(C)c1ccc2c(c1)oc1c(N(c3ccccc3)c3ccc(-c4ccccc4)cc3)cccc12. The zero-order chi connectivity index (χ0) is 49.6. The summed E-state index contributed by atoms with van der Waals surface area (Å²) in [6.45, 7) is 8.59. The van der Waals surface area contributed by atoms with Crippen molar-refractivity contribution in [2.45, 2.75) is 38.4 Å². The quantitative estimate of drug-likeness (QED) is 0.135. The third-order valence-electron chi connectivity index (χ3n) is 12.6. The molecule has 10 aromatic carbocycles. The molecule has 0 aliphatic rings. The number of furan rings is 2. The van der Waals surface area contributed by atoms with Gasteiger partial charge < -0.3 is 18.6 Å². The highest BCUT2D eigenvalue weighted by atomic mass is 79.9. The predicted molar refractivity (Wildman–Crippen MR) is 314 cm³/mol. The zero-order valence-electron chi connectivity index (χ0n) is 40.7. The molecular formula is C66H54Br2N2O2. The number of alkyl halides is 1. The highest BCUT2D eigenvalue weighted by Gasteiger charge is 2.21. The average molecular weight is 1070 g/mol. The van der Waals surface area contributed by atoms with Gasteiger partial charge in [0.25, 0.3) is 0 Å². The van der Waals surface area contributed by atoms with Crippen molar-refractivity contribution in [1.29, 1.82) is 0 Å². The summed E-state index contributed by atoms with van der Waals surface area (Å²) in [4.78, 5) is 5.18. The minimum absolute atomic E-state index is 0.455. The predicted octanol–water partition coefficient (Wildman–Crippen LogP) is 21.1. The molecule has 0 fully saturated rings. The number of rotatable bonds is 9. The van der Waals surface area contributed by atoms with Crippen LogP contribution < -0.4 is 9.80 Å². The van der Waals surface area contributed by atoms with E-state index in [9.17, 15) is 0 Å². The van der Waals surface area contributed by atoms with Crippen LogP contribution in [0.4, 0.5) is 34.1 Å². The van der Waals surface area contributed by atoms with E-state index in [1.165, 1.54) is 27.8 Å². The standard InChI is InChI=1S/C33H27NO.C30H20BrNO.C3H7Br/c1-23(2)26-18-21-29-30-14-9-15-31(33(30)35-32(29)22-26)34(27-12-7-4-8-13-27)28-19-16-25(17-20-28)24-10-5-3-6-11-24;31-23-16-19-26-27-12-7-13-28(30(27)33-29(26)20-23)32(24-10-5-2-6-11-24)25-17-14-22(15-18-25)21-8-3-1-4-9-21;1-3(2)4/h3-23H,1-2H3;1-20H;3H,1-2H3. The van der Waals surface area contributed by atoms with Crippen molar-refractivity contribution < 1.29 is 8.83 Å². The van der Waals surface area contributed by atoms with E-state index >= 15 is 0 Å². The van der Waals surface area contributed by atoms with Crippen molar-refractivity contribution in [1.82, 2.24) is 0 Å². The van der Waals surface area contributed by atoms with Crippen molar-refractivity contribution in [3.05, 3.63) is 253 Å². The maximum atomic E-state index is 6.55. The van der Waals surface area contributed by atoms with Crippen LogP contribution in [0, 0.1) is 0 Å². The highest BCUT2D eigenvalue weighted by Crippen LogP contribution is 2.45. The smallest absolute Gasteiger partial charge is 0.159 e. The molecule has 0 unspecified atom stereocenters. The summed E-state index contributed by atoms with van der Waals surface area (Å²) in [6, 6.07) is 84.9. The van der Waals surface area contributed by atoms with E-state index in [0.29, 0.717) is 10.7 Å². The number of hydrogen-bond acceptors (Lipinski definition) is 4. The Balaban J connectivity index is 0.000000155. The molecule has 4 nitrogen and oxygen atoms in total. The Morgan fingerprint density at radius 1 is 0.347 bits per heavy atom. The number of para-hydroxylation sites is 4. The summed E-state index contributed by atoms with van der Waals surface area (Å²) in [5.74, 6) is 0.455. The van der Waals surface area contributed by atoms with Crippen LogP contribution in [0.15, 0.2) is 256 Å². The minimum atomic E-state index is 0.455. The van der Waals surface area contributed by atoms with Crippen molar-refractivity contribution >= 4 is 110 Å². The molecule has 12 rings (SSSR count). The number of hydrogen-bond donors (Lipinski definition) is 0. The summed E-state index contributed by atoms with van der Waals surface area (Å²) in [7, 11) is 0. The molecule has 0 aliphatic carbocycles. The topological polar surface area (TPSA) is 32.8 Å². The Hall–Kier alpha value is -7.64. The molecule has 0 N–H and O–H groups in total. The highest BCUT2D eigenvalue weighted by molar-refractivity contribution is 9.10. The van der Waals surface area contributed by atoms with Gasteiger partial charge in [-0.05, 0) is 119 Å². The van der Waals surface area contributed by atoms with Gasteiger partial charge in [0.2, 0.25) is 0 Å². The fourth-order valence-electron chi connectivity index (χ4n) is 9.14. The number of anilines is 6. The van der Waals surface area contributed by atoms with Gasteiger partial charge in [-0.2, -0.15) is 0 Å². The average Bonchev–Trinajstić information content (AvgIpc) is 3.99.